The zero-order valence-corrected chi connectivity index (χ0v) is 15.8. The van der Waals surface area contributed by atoms with Crippen molar-refractivity contribution in [2.75, 3.05) is 11.9 Å². The molecule has 1 aromatic heterocycles. The maximum atomic E-state index is 13.6. The first kappa shape index (κ1) is 20.0. The highest BCUT2D eigenvalue weighted by molar-refractivity contribution is 7.15. The topological polar surface area (TPSA) is 97.1 Å². The van der Waals surface area contributed by atoms with Gasteiger partial charge in [0.2, 0.25) is 11.8 Å². The van der Waals surface area contributed by atoms with E-state index < -0.39 is 6.04 Å². The summed E-state index contributed by atoms with van der Waals surface area (Å²) in [6.07, 6.45) is 2.18. The van der Waals surface area contributed by atoms with Gasteiger partial charge in [-0.1, -0.05) is 26.0 Å². The molecule has 0 saturated heterocycles. The van der Waals surface area contributed by atoms with E-state index in [2.05, 4.69) is 15.6 Å². The van der Waals surface area contributed by atoms with Gasteiger partial charge in [-0.15, -0.1) is 11.3 Å². The van der Waals surface area contributed by atoms with Gasteiger partial charge in [0, 0.05) is 17.5 Å². The molecule has 0 unspecified atom stereocenters. The largest absolute Gasteiger partial charge is 0.346 e. The number of anilines is 1. The number of amides is 2. The number of halogens is 1. The minimum atomic E-state index is -0.649. The number of nitrogens with zero attached hydrogens (tertiary/aromatic N) is 1. The summed E-state index contributed by atoms with van der Waals surface area (Å²) in [6, 6.07) is 4.45. The third-order valence-electron chi connectivity index (χ3n) is 3.86. The lowest BCUT2D eigenvalue weighted by atomic mass is 10.1. The summed E-state index contributed by atoms with van der Waals surface area (Å²) in [4.78, 5) is 28.7. The van der Waals surface area contributed by atoms with Crippen molar-refractivity contribution < 1.29 is 14.0 Å². The Morgan fingerprint density at radius 2 is 2.08 bits per heavy atom. The lowest BCUT2D eigenvalue weighted by Crippen LogP contribution is -2.46. The van der Waals surface area contributed by atoms with Crippen molar-refractivity contribution in [2.45, 2.75) is 33.2 Å². The number of benzene rings is 1. The van der Waals surface area contributed by atoms with Crippen LogP contribution in [0.4, 0.5) is 9.52 Å². The van der Waals surface area contributed by atoms with Crippen LogP contribution >= 0.6 is 11.3 Å². The molecule has 1 heterocycles. The molecule has 8 heteroatoms. The van der Waals surface area contributed by atoms with E-state index in [0.29, 0.717) is 17.1 Å². The average Bonchev–Trinajstić information content (AvgIpc) is 3.02. The number of carbonyl (C=O) groups excluding carboxylic acids is 2. The molecule has 0 aliphatic carbocycles. The Labute approximate surface area is 156 Å². The zero-order chi connectivity index (χ0) is 19.3. The number of hydrogen-bond acceptors (Lipinski definition) is 5. The van der Waals surface area contributed by atoms with Crippen LogP contribution in [0, 0.1) is 18.7 Å². The number of nitrogens with two attached hydrogens (primary N) is 1. The summed E-state index contributed by atoms with van der Waals surface area (Å²) in [5.41, 5.74) is 7.15. The van der Waals surface area contributed by atoms with Gasteiger partial charge < -0.3 is 16.4 Å². The lowest BCUT2D eigenvalue weighted by molar-refractivity contribution is -0.125. The molecule has 26 heavy (non-hydrogen) atoms. The Hall–Kier alpha value is -2.32. The van der Waals surface area contributed by atoms with Gasteiger partial charge in [0.15, 0.2) is 5.13 Å². The van der Waals surface area contributed by atoms with Crippen LogP contribution in [-0.4, -0.2) is 29.4 Å². The molecule has 4 N–H and O–H groups in total. The molecule has 2 aromatic rings. The van der Waals surface area contributed by atoms with E-state index in [4.69, 9.17) is 5.73 Å². The van der Waals surface area contributed by atoms with Gasteiger partial charge in [-0.05, 0) is 30.0 Å². The number of thiazole rings is 1. The molecule has 1 aromatic carbocycles. The summed E-state index contributed by atoms with van der Waals surface area (Å²) < 4.78 is 13.6. The molecule has 0 saturated carbocycles. The Morgan fingerprint density at radius 1 is 1.35 bits per heavy atom. The quantitative estimate of drug-likeness (QED) is 0.688. The molecule has 1 atom stereocenters. The van der Waals surface area contributed by atoms with Crippen molar-refractivity contribution in [3.05, 3.63) is 46.2 Å². The molecule has 0 spiro atoms. The summed E-state index contributed by atoms with van der Waals surface area (Å²) in [6.45, 7) is 5.21. The first-order valence-electron chi connectivity index (χ1n) is 8.29. The predicted molar refractivity (Wildman–Crippen MR) is 101 cm³/mol. The van der Waals surface area contributed by atoms with Crippen molar-refractivity contribution in [3.63, 3.8) is 0 Å². The summed E-state index contributed by atoms with van der Waals surface area (Å²) in [5, 5.41) is 5.56. The van der Waals surface area contributed by atoms with E-state index in [1.54, 1.807) is 19.2 Å². The number of rotatable bonds is 7. The van der Waals surface area contributed by atoms with E-state index in [1.165, 1.54) is 17.4 Å². The van der Waals surface area contributed by atoms with Gasteiger partial charge in [0.1, 0.15) is 5.82 Å². The van der Waals surface area contributed by atoms with Gasteiger partial charge in [0.25, 0.3) is 0 Å². The minimum absolute atomic E-state index is 0.00815. The maximum Gasteiger partial charge on any atom is 0.245 e. The van der Waals surface area contributed by atoms with Gasteiger partial charge in [-0.2, -0.15) is 0 Å². The smallest absolute Gasteiger partial charge is 0.245 e. The standard InChI is InChI=1S/C18H23FN4O2S/c1-10(2)16(20)17(25)21-9-15(24)23-18-22-8-13(26-18)6-12-5-4-11(3)14(19)7-12/h4-5,7-8,10,16H,6,9,20H2,1-3H3,(H,21,25)(H,22,23,24)/t16-/m0/s1. The van der Waals surface area contributed by atoms with E-state index >= 15 is 0 Å². The van der Waals surface area contributed by atoms with Crippen LogP contribution in [-0.2, 0) is 16.0 Å². The second kappa shape index (κ2) is 8.86. The van der Waals surface area contributed by atoms with E-state index in [-0.39, 0.29) is 30.1 Å². The lowest BCUT2D eigenvalue weighted by Gasteiger charge is -2.14. The Kier molecular flexibility index (Phi) is 6.82. The van der Waals surface area contributed by atoms with Crippen LogP contribution in [0.25, 0.3) is 0 Å². The fraction of sp³-hybridized carbons (Fsp3) is 0.389. The number of aryl methyl sites for hydroxylation is 1. The molecule has 0 aliphatic rings. The number of nitrogens with one attached hydrogen (secondary N) is 2. The SMILES string of the molecule is Cc1ccc(Cc2cnc(NC(=O)CNC(=O)[C@@H](N)C(C)C)s2)cc1F. The third kappa shape index (κ3) is 5.60. The molecular formula is C18H23FN4O2S. The highest BCUT2D eigenvalue weighted by Gasteiger charge is 2.18. The molecule has 140 valence electrons. The van der Waals surface area contributed by atoms with Crippen LogP contribution in [0.1, 0.15) is 29.9 Å². The van der Waals surface area contributed by atoms with E-state index in [0.717, 1.165) is 10.4 Å². The van der Waals surface area contributed by atoms with Crippen LogP contribution in [0.2, 0.25) is 0 Å². The molecule has 6 nitrogen and oxygen atoms in total. The average molecular weight is 378 g/mol. The highest BCUT2D eigenvalue weighted by Crippen LogP contribution is 2.22. The molecule has 0 bridgehead atoms. The van der Waals surface area contributed by atoms with Crippen molar-refractivity contribution in [2.24, 2.45) is 11.7 Å². The fourth-order valence-electron chi connectivity index (χ4n) is 2.15. The first-order valence-corrected chi connectivity index (χ1v) is 9.10. The summed E-state index contributed by atoms with van der Waals surface area (Å²) in [7, 11) is 0. The van der Waals surface area contributed by atoms with Crippen LogP contribution in [0.15, 0.2) is 24.4 Å². The Balaban J connectivity index is 1.86. The number of hydrogen-bond donors (Lipinski definition) is 3. The number of aromatic nitrogens is 1. The molecule has 0 radical (unpaired) electrons. The van der Waals surface area contributed by atoms with Crippen molar-refractivity contribution in [1.29, 1.82) is 0 Å². The van der Waals surface area contributed by atoms with Crippen molar-refractivity contribution in [1.82, 2.24) is 10.3 Å². The van der Waals surface area contributed by atoms with Gasteiger partial charge in [-0.25, -0.2) is 9.37 Å². The first-order chi connectivity index (χ1) is 12.3. The molecule has 0 fully saturated rings. The van der Waals surface area contributed by atoms with Crippen LogP contribution in [0.5, 0.6) is 0 Å². The van der Waals surface area contributed by atoms with Crippen molar-refractivity contribution >= 4 is 28.3 Å². The Bertz CT molecular complexity index is 791. The summed E-state index contributed by atoms with van der Waals surface area (Å²) >= 11 is 1.31. The second-order valence-electron chi connectivity index (χ2n) is 6.43. The van der Waals surface area contributed by atoms with E-state index in [1.807, 2.05) is 19.9 Å². The van der Waals surface area contributed by atoms with Crippen LogP contribution in [0.3, 0.4) is 0 Å². The molecule has 2 rings (SSSR count). The van der Waals surface area contributed by atoms with Gasteiger partial charge in [0.05, 0.1) is 12.6 Å². The Morgan fingerprint density at radius 3 is 2.73 bits per heavy atom. The molecule has 0 aliphatic heterocycles. The van der Waals surface area contributed by atoms with Crippen molar-refractivity contribution in [3.8, 4) is 0 Å². The highest BCUT2D eigenvalue weighted by atomic mass is 32.1. The molecular weight excluding hydrogens is 355 g/mol. The number of carbonyl (C=O) groups is 2. The third-order valence-corrected chi connectivity index (χ3v) is 4.77. The van der Waals surface area contributed by atoms with E-state index in [9.17, 15) is 14.0 Å². The second-order valence-corrected chi connectivity index (χ2v) is 7.54. The normalized spacial score (nSPS) is 12.1. The predicted octanol–water partition coefficient (Wildman–Crippen LogP) is 2.22. The maximum absolute atomic E-state index is 13.6. The zero-order valence-electron chi connectivity index (χ0n) is 15.0. The monoisotopic (exact) mass is 378 g/mol. The van der Waals surface area contributed by atoms with Gasteiger partial charge in [-0.3, -0.25) is 9.59 Å². The fourth-order valence-corrected chi connectivity index (χ4v) is 3.01. The minimum Gasteiger partial charge on any atom is -0.346 e. The van der Waals surface area contributed by atoms with Gasteiger partial charge >= 0.3 is 0 Å². The summed E-state index contributed by atoms with van der Waals surface area (Å²) in [5.74, 6) is -0.991. The molecule has 2 amide bonds. The van der Waals surface area contributed by atoms with Crippen LogP contribution < -0.4 is 16.4 Å².